The summed E-state index contributed by atoms with van der Waals surface area (Å²) in [5, 5.41) is 2.66. The minimum absolute atomic E-state index is 0.0385. The molecule has 0 aliphatic heterocycles. The maximum absolute atomic E-state index is 4.77. The minimum atomic E-state index is 0.0385. The zero-order chi connectivity index (χ0) is 16.4. The summed E-state index contributed by atoms with van der Waals surface area (Å²) in [4.78, 5) is 4.77. The van der Waals surface area contributed by atoms with Crippen molar-refractivity contribution >= 4 is 10.8 Å². The van der Waals surface area contributed by atoms with Crippen LogP contribution in [0.2, 0.25) is 0 Å². The largest absolute Gasteiger partial charge is 0.256 e. The smallest absolute Gasteiger partial charge is 0.0742 e. The van der Waals surface area contributed by atoms with Crippen molar-refractivity contribution in [3.8, 4) is 11.3 Å². The molecule has 1 nitrogen and oxygen atoms in total. The van der Waals surface area contributed by atoms with Crippen molar-refractivity contribution in [2.45, 2.75) is 45.4 Å². The van der Waals surface area contributed by atoms with Crippen LogP contribution in [-0.2, 0) is 10.8 Å². The molecule has 0 N–H and O–H groups in total. The molecule has 116 valence electrons. The average molecular weight is 301 g/mol. The Bertz CT molecular complexity index is 932. The van der Waals surface area contributed by atoms with Gasteiger partial charge in [-0.3, -0.25) is 4.98 Å². The first-order chi connectivity index (χ1) is 10.9. The molecule has 1 heterocycles. The van der Waals surface area contributed by atoms with E-state index in [1.54, 1.807) is 0 Å². The lowest BCUT2D eigenvalue weighted by atomic mass is 9.55. The maximum atomic E-state index is 4.77. The number of hydrogen-bond donors (Lipinski definition) is 0. The zero-order valence-electron chi connectivity index (χ0n) is 14.6. The van der Waals surface area contributed by atoms with E-state index in [0.29, 0.717) is 0 Å². The van der Waals surface area contributed by atoms with Crippen LogP contribution in [0.3, 0.4) is 0 Å². The van der Waals surface area contributed by atoms with Gasteiger partial charge < -0.3 is 0 Å². The zero-order valence-corrected chi connectivity index (χ0v) is 14.6. The predicted octanol–water partition coefficient (Wildman–Crippen LogP) is 5.78. The van der Waals surface area contributed by atoms with E-state index in [1.807, 2.05) is 6.20 Å². The van der Waals surface area contributed by atoms with Crippen molar-refractivity contribution in [1.29, 1.82) is 0 Å². The molecule has 0 unspecified atom stereocenters. The number of nitrogens with zero attached hydrogens (tertiary/aromatic N) is 1. The van der Waals surface area contributed by atoms with E-state index < -0.39 is 0 Å². The summed E-state index contributed by atoms with van der Waals surface area (Å²) in [5.41, 5.74) is 6.75. The molecule has 0 amide bonds. The van der Waals surface area contributed by atoms with Gasteiger partial charge in [-0.2, -0.15) is 0 Å². The summed E-state index contributed by atoms with van der Waals surface area (Å²) in [7, 11) is 0. The highest BCUT2D eigenvalue weighted by atomic mass is 14.7. The van der Waals surface area contributed by atoms with Crippen LogP contribution in [0.15, 0.2) is 48.7 Å². The highest BCUT2D eigenvalue weighted by Crippen LogP contribution is 2.54. The molecule has 1 aliphatic carbocycles. The fourth-order valence-corrected chi connectivity index (χ4v) is 4.29. The molecule has 0 fully saturated rings. The molecule has 1 aromatic heterocycles. The molecular weight excluding hydrogens is 278 g/mol. The second-order valence-electron chi connectivity index (χ2n) is 7.79. The quantitative estimate of drug-likeness (QED) is 0.513. The van der Waals surface area contributed by atoms with Gasteiger partial charge in [-0.05, 0) is 51.9 Å². The summed E-state index contributed by atoms with van der Waals surface area (Å²) in [6.45, 7) is 11.7. The van der Waals surface area contributed by atoms with Gasteiger partial charge in [0.2, 0.25) is 0 Å². The molecule has 2 aromatic carbocycles. The number of aryl methyl sites for hydroxylation is 1. The van der Waals surface area contributed by atoms with Gasteiger partial charge in [0.05, 0.1) is 5.69 Å². The van der Waals surface area contributed by atoms with Gasteiger partial charge in [-0.1, -0.05) is 58.0 Å². The lowest BCUT2D eigenvalue weighted by molar-refractivity contribution is 0.297. The first kappa shape index (κ1) is 14.4. The highest BCUT2D eigenvalue weighted by Gasteiger charge is 2.47. The number of hydrogen-bond acceptors (Lipinski definition) is 1. The fourth-order valence-electron chi connectivity index (χ4n) is 4.29. The molecule has 0 bridgehead atoms. The van der Waals surface area contributed by atoms with Crippen molar-refractivity contribution in [3.05, 3.63) is 65.4 Å². The second-order valence-corrected chi connectivity index (χ2v) is 7.79. The number of pyridine rings is 1. The van der Waals surface area contributed by atoms with Gasteiger partial charge in [0.1, 0.15) is 0 Å². The summed E-state index contributed by atoms with van der Waals surface area (Å²) >= 11 is 0. The normalized spacial score (nSPS) is 17.6. The van der Waals surface area contributed by atoms with Gasteiger partial charge >= 0.3 is 0 Å². The molecule has 0 spiro atoms. The summed E-state index contributed by atoms with van der Waals surface area (Å²) in [5.74, 6) is 0. The Morgan fingerprint density at radius 1 is 0.870 bits per heavy atom. The minimum Gasteiger partial charge on any atom is -0.256 e. The van der Waals surface area contributed by atoms with E-state index >= 15 is 0 Å². The van der Waals surface area contributed by atoms with Crippen LogP contribution in [0.5, 0.6) is 0 Å². The van der Waals surface area contributed by atoms with E-state index in [2.05, 4.69) is 77.1 Å². The molecule has 3 aromatic rings. The molecule has 0 atom stereocenters. The third kappa shape index (κ3) is 1.71. The Balaban J connectivity index is 2.22. The molecule has 0 saturated carbocycles. The number of rotatable bonds is 0. The number of benzene rings is 2. The first-order valence-electron chi connectivity index (χ1n) is 8.34. The SMILES string of the molecule is Cc1c2c(cc3ccccc13)-c1ncccc1C(C)(C)C2(C)C. The van der Waals surface area contributed by atoms with Gasteiger partial charge in [-0.15, -0.1) is 0 Å². The van der Waals surface area contributed by atoms with E-state index in [0.717, 1.165) is 5.69 Å². The van der Waals surface area contributed by atoms with Gasteiger partial charge in [0.25, 0.3) is 0 Å². The fraction of sp³-hybridized carbons (Fsp3) is 0.318. The van der Waals surface area contributed by atoms with Gasteiger partial charge in [0.15, 0.2) is 0 Å². The van der Waals surface area contributed by atoms with Crippen LogP contribution >= 0.6 is 0 Å². The van der Waals surface area contributed by atoms with E-state index in [1.165, 1.54) is 33.0 Å². The molecule has 0 radical (unpaired) electrons. The molecule has 0 saturated heterocycles. The average Bonchev–Trinajstić information content (AvgIpc) is 2.53. The van der Waals surface area contributed by atoms with E-state index in [-0.39, 0.29) is 10.8 Å². The van der Waals surface area contributed by atoms with Crippen LogP contribution in [-0.4, -0.2) is 4.98 Å². The Hall–Kier alpha value is -2.15. The standard InChI is InChI=1S/C22H23N/c1-14-16-10-7-6-9-15(16)13-17-19(14)22(4,5)21(2,3)18-11-8-12-23-20(17)18/h6-13H,1-5H3. The van der Waals surface area contributed by atoms with Crippen molar-refractivity contribution < 1.29 is 0 Å². The Morgan fingerprint density at radius 2 is 1.61 bits per heavy atom. The maximum Gasteiger partial charge on any atom is 0.0742 e. The van der Waals surface area contributed by atoms with Crippen LogP contribution in [0, 0.1) is 6.92 Å². The Kier molecular flexibility index (Phi) is 2.79. The summed E-state index contributed by atoms with van der Waals surface area (Å²) < 4.78 is 0. The lowest BCUT2D eigenvalue weighted by Crippen LogP contribution is -2.44. The number of fused-ring (bicyclic) bond motifs is 4. The van der Waals surface area contributed by atoms with Crippen molar-refractivity contribution in [2.75, 3.05) is 0 Å². The van der Waals surface area contributed by atoms with Gasteiger partial charge in [-0.25, -0.2) is 0 Å². The van der Waals surface area contributed by atoms with E-state index in [4.69, 9.17) is 4.98 Å². The first-order valence-corrected chi connectivity index (χ1v) is 8.34. The summed E-state index contributed by atoms with van der Waals surface area (Å²) in [6.07, 6.45) is 1.92. The van der Waals surface area contributed by atoms with Crippen LogP contribution in [0.25, 0.3) is 22.0 Å². The van der Waals surface area contributed by atoms with Crippen molar-refractivity contribution in [2.24, 2.45) is 0 Å². The van der Waals surface area contributed by atoms with Crippen molar-refractivity contribution in [3.63, 3.8) is 0 Å². The van der Waals surface area contributed by atoms with Crippen molar-refractivity contribution in [1.82, 2.24) is 4.98 Å². The third-order valence-electron chi connectivity index (χ3n) is 6.23. The molecular formula is C22H23N. The molecule has 23 heavy (non-hydrogen) atoms. The third-order valence-corrected chi connectivity index (χ3v) is 6.23. The molecule has 1 aliphatic rings. The predicted molar refractivity (Wildman–Crippen MR) is 98.0 cm³/mol. The summed E-state index contributed by atoms with van der Waals surface area (Å²) in [6, 6.07) is 15.3. The van der Waals surface area contributed by atoms with E-state index in [9.17, 15) is 0 Å². The monoisotopic (exact) mass is 301 g/mol. The molecule has 1 heteroatoms. The Labute approximate surface area is 138 Å². The Morgan fingerprint density at radius 3 is 2.39 bits per heavy atom. The topological polar surface area (TPSA) is 12.9 Å². The van der Waals surface area contributed by atoms with Gasteiger partial charge in [0, 0.05) is 17.2 Å². The van der Waals surface area contributed by atoms with Crippen LogP contribution in [0.1, 0.15) is 44.4 Å². The van der Waals surface area contributed by atoms with Crippen LogP contribution < -0.4 is 0 Å². The lowest BCUT2D eigenvalue weighted by Gasteiger charge is -2.48. The number of aromatic nitrogens is 1. The second kappa shape index (κ2) is 4.44. The van der Waals surface area contributed by atoms with Crippen LogP contribution in [0.4, 0.5) is 0 Å². The highest BCUT2D eigenvalue weighted by molar-refractivity contribution is 5.94. The molecule has 4 rings (SSSR count).